The zero-order chi connectivity index (χ0) is 24.5. The molecule has 3 aromatic rings. The number of aryl methyl sites for hydroxylation is 1. The summed E-state index contributed by atoms with van der Waals surface area (Å²) in [6.07, 6.45) is -0.950. The fourth-order valence-corrected chi connectivity index (χ4v) is 3.89. The molecule has 1 fully saturated rings. The second-order valence-corrected chi connectivity index (χ2v) is 8.14. The fourth-order valence-electron chi connectivity index (χ4n) is 3.89. The molecule has 0 radical (unpaired) electrons. The Balaban J connectivity index is 1.79. The molecule has 2 N–H and O–H groups in total. The van der Waals surface area contributed by atoms with Gasteiger partial charge in [0.25, 0.3) is 0 Å². The number of nitrogens with one attached hydrogen (secondary N) is 1. The average Bonchev–Trinajstić information content (AvgIpc) is 3.34. The van der Waals surface area contributed by atoms with Crippen molar-refractivity contribution in [3.05, 3.63) is 29.6 Å². The minimum absolute atomic E-state index is 0.0857. The van der Waals surface area contributed by atoms with E-state index >= 15 is 0 Å². The standard InChI is InChI=1S/C21H24F3N7O3/c1-12-5-6-25-14(10-12)26-18-17-15(27-20(28-18)30-7-3-4-13(30)2)16(19(32)33)29-31(17)8-9-34-11-21(22,23)24/h5-6,10,13H,3-4,7-9,11H2,1-2H3,(H,32,33)(H,25,26,27,28). The van der Waals surface area contributed by atoms with E-state index in [0.29, 0.717) is 11.8 Å². The molecule has 182 valence electrons. The van der Waals surface area contributed by atoms with E-state index in [2.05, 4.69) is 25.4 Å². The molecule has 0 bridgehead atoms. The highest BCUT2D eigenvalue weighted by molar-refractivity contribution is 6.03. The number of rotatable bonds is 8. The van der Waals surface area contributed by atoms with Crippen LogP contribution in [0.15, 0.2) is 18.3 Å². The molecule has 1 atom stereocenters. The SMILES string of the molecule is Cc1ccnc(Nc2nc(N3CCCC3C)nc3c(C(=O)O)nn(CCOCC(F)(F)F)c23)c1. The van der Waals surface area contributed by atoms with Gasteiger partial charge in [-0.3, -0.25) is 4.68 Å². The average molecular weight is 479 g/mol. The van der Waals surface area contributed by atoms with Crippen molar-refractivity contribution in [1.82, 2.24) is 24.7 Å². The van der Waals surface area contributed by atoms with Gasteiger partial charge in [0.2, 0.25) is 5.95 Å². The van der Waals surface area contributed by atoms with Crippen LogP contribution in [0.4, 0.5) is 30.8 Å². The molecule has 1 unspecified atom stereocenters. The van der Waals surface area contributed by atoms with Gasteiger partial charge < -0.3 is 20.1 Å². The van der Waals surface area contributed by atoms with Crippen molar-refractivity contribution < 1.29 is 27.8 Å². The number of alkyl halides is 3. The molecule has 4 rings (SSSR count). The van der Waals surface area contributed by atoms with Crippen molar-refractivity contribution in [3.63, 3.8) is 0 Å². The number of carbonyl (C=O) groups is 1. The van der Waals surface area contributed by atoms with Gasteiger partial charge in [-0.05, 0) is 44.4 Å². The van der Waals surface area contributed by atoms with Crippen LogP contribution in [0.25, 0.3) is 11.0 Å². The van der Waals surface area contributed by atoms with E-state index in [0.717, 1.165) is 24.9 Å². The first-order chi connectivity index (χ1) is 16.1. The number of pyridine rings is 1. The van der Waals surface area contributed by atoms with E-state index in [1.54, 1.807) is 12.3 Å². The van der Waals surface area contributed by atoms with E-state index in [4.69, 9.17) is 4.74 Å². The molecule has 1 aliphatic heterocycles. The van der Waals surface area contributed by atoms with Crippen LogP contribution in [-0.4, -0.2) is 67.8 Å². The quantitative estimate of drug-likeness (QED) is 0.468. The number of fused-ring (bicyclic) bond motifs is 1. The Kier molecular flexibility index (Phi) is 6.55. The van der Waals surface area contributed by atoms with Crippen LogP contribution in [0.2, 0.25) is 0 Å². The number of aromatic nitrogens is 5. The van der Waals surface area contributed by atoms with Crippen molar-refractivity contribution in [1.29, 1.82) is 0 Å². The first-order valence-corrected chi connectivity index (χ1v) is 10.7. The maximum Gasteiger partial charge on any atom is 0.411 e. The Morgan fingerprint density at radius 2 is 2.15 bits per heavy atom. The van der Waals surface area contributed by atoms with Crippen LogP contribution in [0.3, 0.4) is 0 Å². The third-order valence-electron chi connectivity index (χ3n) is 5.46. The van der Waals surface area contributed by atoms with E-state index in [1.807, 2.05) is 24.8 Å². The molecular weight excluding hydrogens is 455 g/mol. The van der Waals surface area contributed by atoms with Gasteiger partial charge in [0.1, 0.15) is 23.5 Å². The first kappa shape index (κ1) is 23.7. The van der Waals surface area contributed by atoms with Crippen molar-refractivity contribution in [2.24, 2.45) is 0 Å². The second-order valence-electron chi connectivity index (χ2n) is 8.14. The number of anilines is 3. The maximum absolute atomic E-state index is 12.4. The summed E-state index contributed by atoms with van der Waals surface area (Å²) in [5, 5.41) is 17.0. The van der Waals surface area contributed by atoms with E-state index in [-0.39, 0.29) is 41.7 Å². The van der Waals surface area contributed by atoms with Crippen molar-refractivity contribution in [3.8, 4) is 0 Å². The third kappa shape index (κ3) is 5.19. The van der Waals surface area contributed by atoms with Gasteiger partial charge in [0.15, 0.2) is 11.5 Å². The molecule has 13 heteroatoms. The van der Waals surface area contributed by atoms with E-state index in [9.17, 15) is 23.1 Å². The van der Waals surface area contributed by atoms with Crippen molar-refractivity contribution in [2.45, 2.75) is 45.5 Å². The molecular formula is C21H24F3N7O3. The predicted molar refractivity (Wildman–Crippen MR) is 117 cm³/mol. The van der Waals surface area contributed by atoms with E-state index < -0.39 is 18.8 Å². The van der Waals surface area contributed by atoms with Crippen molar-refractivity contribution >= 4 is 34.6 Å². The Morgan fingerprint density at radius 1 is 1.35 bits per heavy atom. The van der Waals surface area contributed by atoms with Crippen LogP contribution in [0.5, 0.6) is 0 Å². The van der Waals surface area contributed by atoms with Gasteiger partial charge in [-0.25, -0.2) is 14.8 Å². The van der Waals surface area contributed by atoms with Crippen LogP contribution in [-0.2, 0) is 11.3 Å². The largest absolute Gasteiger partial charge is 0.476 e. The summed E-state index contributed by atoms with van der Waals surface area (Å²) in [6, 6.07) is 3.78. The predicted octanol–water partition coefficient (Wildman–Crippen LogP) is 3.54. The van der Waals surface area contributed by atoms with Gasteiger partial charge in [-0.2, -0.15) is 23.3 Å². The summed E-state index contributed by atoms with van der Waals surface area (Å²) >= 11 is 0. The summed E-state index contributed by atoms with van der Waals surface area (Å²) in [5.41, 5.74) is 0.951. The lowest BCUT2D eigenvalue weighted by Gasteiger charge is -2.22. The highest BCUT2D eigenvalue weighted by Crippen LogP contribution is 2.31. The minimum atomic E-state index is -4.47. The number of ether oxygens (including phenoxy) is 1. The normalized spacial score (nSPS) is 16.4. The van der Waals surface area contributed by atoms with Crippen LogP contribution >= 0.6 is 0 Å². The van der Waals surface area contributed by atoms with Gasteiger partial charge >= 0.3 is 12.1 Å². The summed E-state index contributed by atoms with van der Waals surface area (Å²) in [7, 11) is 0. The zero-order valence-corrected chi connectivity index (χ0v) is 18.6. The smallest absolute Gasteiger partial charge is 0.411 e. The number of hydrogen-bond acceptors (Lipinski definition) is 8. The Labute approximate surface area is 192 Å². The van der Waals surface area contributed by atoms with Gasteiger partial charge in [0, 0.05) is 18.8 Å². The summed E-state index contributed by atoms with van der Waals surface area (Å²) in [4.78, 5) is 27.4. The topological polar surface area (TPSA) is 118 Å². The molecule has 3 aromatic heterocycles. The molecule has 1 aliphatic rings. The lowest BCUT2D eigenvalue weighted by atomic mass is 10.2. The fraction of sp³-hybridized carbons (Fsp3) is 0.476. The number of hydrogen-bond donors (Lipinski definition) is 2. The number of aromatic carboxylic acids is 1. The number of nitrogens with zero attached hydrogens (tertiary/aromatic N) is 6. The lowest BCUT2D eigenvalue weighted by molar-refractivity contribution is -0.174. The second kappa shape index (κ2) is 9.41. The summed E-state index contributed by atoms with van der Waals surface area (Å²) in [5.74, 6) is -0.229. The number of halogens is 3. The van der Waals surface area contributed by atoms with Crippen LogP contribution in [0.1, 0.15) is 35.8 Å². The molecule has 10 nitrogen and oxygen atoms in total. The summed E-state index contributed by atoms with van der Waals surface area (Å²) in [6.45, 7) is 2.78. The van der Waals surface area contributed by atoms with Crippen LogP contribution < -0.4 is 10.2 Å². The number of carboxylic acids is 1. The monoisotopic (exact) mass is 479 g/mol. The molecule has 4 heterocycles. The molecule has 0 amide bonds. The Morgan fingerprint density at radius 3 is 2.79 bits per heavy atom. The first-order valence-electron chi connectivity index (χ1n) is 10.7. The highest BCUT2D eigenvalue weighted by atomic mass is 19.4. The molecule has 34 heavy (non-hydrogen) atoms. The van der Waals surface area contributed by atoms with Crippen LogP contribution in [0, 0.1) is 6.92 Å². The highest BCUT2D eigenvalue weighted by Gasteiger charge is 2.29. The van der Waals surface area contributed by atoms with Gasteiger partial charge in [-0.15, -0.1) is 0 Å². The number of carboxylic acid groups (broad SMARTS) is 1. The van der Waals surface area contributed by atoms with Gasteiger partial charge in [0.05, 0.1) is 13.2 Å². The Bertz CT molecular complexity index is 1200. The zero-order valence-electron chi connectivity index (χ0n) is 18.6. The molecule has 0 aliphatic carbocycles. The summed E-state index contributed by atoms with van der Waals surface area (Å²) < 4.78 is 43.3. The van der Waals surface area contributed by atoms with Gasteiger partial charge in [-0.1, -0.05) is 0 Å². The van der Waals surface area contributed by atoms with Crippen molar-refractivity contribution in [2.75, 3.05) is 30.0 Å². The lowest BCUT2D eigenvalue weighted by Crippen LogP contribution is -2.28. The molecule has 0 spiro atoms. The van der Waals surface area contributed by atoms with E-state index in [1.165, 1.54) is 4.68 Å². The minimum Gasteiger partial charge on any atom is -0.476 e. The maximum atomic E-state index is 12.4. The Hall–Kier alpha value is -3.48. The third-order valence-corrected chi connectivity index (χ3v) is 5.46. The molecule has 0 aromatic carbocycles. The molecule has 0 saturated carbocycles. The molecule has 1 saturated heterocycles.